The predicted molar refractivity (Wildman–Crippen MR) is 60.2 cm³/mol. The first-order valence-electron chi connectivity index (χ1n) is 3.90. The molecule has 1 aromatic rings. The van der Waals surface area contributed by atoms with E-state index in [4.69, 9.17) is 12.2 Å². The third-order valence-electron chi connectivity index (χ3n) is 1.87. The summed E-state index contributed by atoms with van der Waals surface area (Å²) in [5.41, 5.74) is 2.80. The van der Waals surface area contributed by atoms with Crippen molar-refractivity contribution in [1.82, 2.24) is 0 Å². The molecule has 0 spiro atoms. The fourth-order valence-electron chi connectivity index (χ4n) is 1.27. The van der Waals surface area contributed by atoms with Gasteiger partial charge in [0.15, 0.2) is 0 Å². The average Bonchev–Trinajstić information content (AvgIpc) is 2.18. The SMILES string of the molecule is C=C1N=C(C=S)Nc2ccccc21. The molecule has 0 amide bonds. The van der Waals surface area contributed by atoms with E-state index >= 15 is 0 Å². The van der Waals surface area contributed by atoms with E-state index < -0.39 is 0 Å². The molecule has 0 saturated carbocycles. The molecule has 1 N–H and O–H groups in total. The maximum Gasteiger partial charge on any atom is 0.141 e. The molecule has 1 aromatic carbocycles. The van der Waals surface area contributed by atoms with Gasteiger partial charge in [0.05, 0.1) is 5.70 Å². The molecule has 1 heterocycles. The zero-order chi connectivity index (χ0) is 9.26. The third-order valence-corrected chi connectivity index (χ3v) is 2.09. The minimum Gasteiger partial charge on any atom is -0.339 e. The summed E-state index contributed by atoms with van der Waals surface area (Å²) in [5, 5.41) is 4.62. The molecule has 64 valence electrons. The molecule has 1 aliphatic heterocycles. The number of fused-ring (bicyclic) bond motifs is 1. The Bertz CT molecular complexity index is 407. The number of hydrogen-bond acceptors (Lipinski definition) is 3. The highest BCUT2D eigenvalue weighted by atomic mass is 32.1. The maximum atomic E-state index is 4.79. The van der Waals surface area contributed by atoms with Gasteiger partial charge in [-0.1, -0.05) is 37.0 Å². The molecule has 0 aromatic heterocycles. The number of benzene rings is 1. The van der Waals surface area contributed by atoms with Crippen molar-refractivity contribution in [3.63, 3.8) is 0 Å². The van der Waals surface area contributed by atoms with E-state index in [1.807, 2.05) is 24.3 Å². The van der Waals surface area contributed by atoms with Crippen molar-refractivity contribution in [3.05, 3.63) is 36.4 Å². The fraction of sp³-hybridized carbons (Fsp3) is 0. The number of rotatable bonds is 1. The van der Waals surface area contributed by atoms with Gasteiger partial charge in [0.25, 0.3) is 0 Å². The second-order valence-corrected chi connectivity index (χ2v) is 2.97. The summed E-state index contributed by atoms with van der Waals surface area (Å²) in [6.45, 7) is 3.86. The first-order chi connectivity index (χ1) is 6.31. The van der Waals surface area contributed by atoms with E-state index in [0.717, 1.165) is 16.9 Å². The molecular weight excluding hydrogens is 180 g/mol. The van der Waals surface area contributed by atoms with Crippen LogP contribution in [-0.4, -0.2) is 11.2 Å². The molecule has 0 saturated heterocycles. The van der Waals surface area contributed by atoms with Gasteiger partial charge >= 0.3 is 0 Å². The molecule has 1 aliphatic rings. The van der Waals surface area contributed by atoms with Gasteiger partial charge in [-0.25, -0.2) is 4.99 Å². The van der Waals surface area contributed by atoms with Crippen molar-refractivity contribution in [3.8, 4) is 0 Å². The molecule has 0 fully saturated rings. The smallest absolute Gasteiger partial charge is 0.141 e. The summed E-state index contributed by atoms with van der Waals surface area (Å²) in [6, 6.07) is 7.89. The van der Waals surface area contributed by atoms with Gasteiger partial charge in [-0.05, 0) is 6.07 Å². The van der Waals surface area contributed by atoms with Gasteiger partial charge in [-0.2, -0.15) is 0 Å². The Morgan fingerprint density at radius 3 is 2.92 bits per heavy atom. The highest BCUT2D eigenvalue weighted by Gasteiger charge is 2.11. The Morgan fingerprint density at radius 2 is 2.15 bits per heavy atom. The minimum atomic E-state index is 0.679. The zero-order valence-electron chi connectivity index (χ0n) is 6.95. The van der Waals surface area contributed by atoms with Crippen LogP contribution in [0.25, 0.3) is 5.70 Å². The largest absolute Gasteiger partial charge is 0.339 e. The second-order valence-electron chi connectivity index (χ2n) is 2.73. The highest BCUT2D eigenvalue weighted by molar-refractivity contribution is 7.80. The van der Waals surface area contributed by atoms with Crippen molar-refractivity contribution in [2.45, 2.75) is 0 Å². The van der Waals surface area contributed by atoms with Crippen LogP contribution >= 0.6 is 12.2 Å². The lowest BCUT2D eigenvalue weighted by Gasteiger charge is -2.16. The maximum absolute atomic E-state index is 4.79. The molecule has 0 bridgehead atoms. The van der Waals surface area contributed by atoms with Gasteiger partial charge in [0.1, 0.15) is 5.84 Å². The van der Waals surface area contributed by atoms with Gasteiger partial charge < -0.3 is 5.32 Å². The van der Waals surface area contributed by atoms with E-state index in [0.29, 0.717) is 5.84 Å². The molecule has 3 heteroatoms. The van der Waals surface area contributed by atoms with Crippen molar-refractivity contribution in [2.24, 2.45) is 4.99 Å². The van der Waals surface area contributed by atoms with Crippen LogP contribution in [0.2, 0.25) is 0 Å². The zero-order valence-corrected chi connectivity index (χ0v) is 7.77. The molecule has 0 radical (unpaired) electrons. The quantitative estimate of drug-likeness (QED) is 0.685. The number of nitrogens with zero attached hydrogens (tertiary/aromatic N) is 1. The Morgan fingerprint density at radius 1 is 1.38 bits per heavy atom. The van der Waals surface area contributed by atoms with Crippen molar-refractivity contribution < 1.29 is 0 Å². The lowest BCUT2D eigenvalue weighted by atomic mass is 10.1. The number of hydrogen-bond donors (Lipinski definition) is 1. The summed E-state index contributed by atoms with van der Waals surface area (Å²) in [6.07, 6.45) is 0. The Hall–Kier alpha value is -1.48. The van der Waals surface area contributed by atoms with E-state index in [2.05, 4.69) is 16.9 Å². The van der Waals surface area contributed by atoms with Crippen LogP contribution in [0.5, 0.6) is 0 Å². The lowest BCUT2D eigenvalue weighted by molar-refractivity contribution is 1.45. The van der Waals surface area contributed by atoms with Crippen molar-refractivity contribution in [1.29, 1.82) is 0 Å². The van der Waals surface area contributed by atoms with Crippen molar-refractivity contribution in [2.75, 3.05) is 5.32 Å². The van der Waals surface area contributed by atoms with E-state index in [-0.39, 0.29) is 0 Å². The monoisotopic (exact) mass is 188 g/mol. The Kier molecular flexibility index (Phi) is 1.94. The summed E-state index contributed by atoms with van der Waals surface area (Å²) in [4.78, 5) is 4.19. The van der Waals surface area contributed by atoms with Crippen LogP contribution in [0.15, 0.2) is 35.8 Å². The number of thiocarbonyl (C=S) groups is 1. The minimum absolute atomic E-state index is 0.679. The van der Waals surface area contributed by atoms with Crippen LogP contribution in [0.3, 0.4) is 0 Å². The number of para-hydroxylation sites is 1. The number of nitrogens with one attached hydrogen (secondary N) is 1. The average molecular weight is 188 g/mol. The Labute approximate surface area is 82.0 Å². The fourth-order valence-corrected chi connectivity index (χ4v) is 1.38. The summed E-state index contributed by atoms with van der Waals surface area (Å²) < 4.78 is 0. The molecule has 2 nitrogen and oxygen atoms in total. The van der Waals surface area contributed by atoms with Gasteiger partial charge in [0, 0.05) is 16.6 Å². The molecule has 2 rings (SSSR count). The topological polar surface area (TPSA) is 24.4 Å². The van der Waals surface area contributed by atoms with E-state index in [9.17, 15) is 0 Å². The van der Waals surface area contributed by atoms with Gasteiger partial charge in [-0.3, -0.25) is 0 Å². The van der Waals surface area contributed by atoms with Crippen molar-refractivity contribution >= 4 is 34.8 Å². The normalized spacial score (nSPS) is 14.2. The molecule has 13 heavy (non-hydrogen) atoms. The third kappa shape index (κ3) is 1.38. The second kappa shape index (κ2) is 3.11. The predicted octanol–water partition coefficient (Wildman–Crippen LogP) is 2.48. The lowest BCUT2D eigenvalue weighted by Crippen LogP contribution is -2.17. The first-order valence-corrected chi connectivity index (χ1v) is 4.37. The first kappa shape index (κ1) is 8.13. The van der Waals surface area contributed by atoms with Crippen LogP contribution in [0, 0.1) is 0 Å². The van der Waals surface area contributed by atoms with Crippen LogP contribution in [0.4, 0.5) is 5.69 Å². The summed E-state index contributed by atoms with van der Waals surface area (Å²) >= 11 is 4.79. The number of aliphatic imine (C=N–C) groups is 1. The summed E-state index contributed by atoms with van der Waals surface area (Å²) in [5.74, 6) is 0.679. The summed E-state index contributed by atoms with van der Waals surface area (Å²) in [7, 11) is 0. The standard InChI is InChI=1S/C10H8N2S/c1-7-8-4-2-3-5-9(8)12-10(6-13)11-7/h2-6H,1H2,(H,11,12). The van der Waals surface area contributed by atoms with Gasteiger partial charge in [0.2, 0.25) is 0 Å². The van der Waals surface area contributed by atoms with Crippen LogP contribution in [-0.2, 0) is 0 Å². The number of anilines is 1. The molecular formula is C10H8N2S. The number of amidine groups is 1. The molecule has 0 aliphatic carbocycles. The van der Waals surface area contributed by atoms with E-state index in [1.165, 1.54) is 5.37 Å². The van der Waals surface area contributed by atoms with Crippen LogP contribution in [0.1, 0.15) is 5.56 Å². The van der Waals surface area contributed by atoms with Gasteiger partial charge in [-0.15, -0.1) is 0 Å². The Balaban J connectivity index is 2.51. The molecule has 0 atom stereocenters. The van der Waals surface area contributed by atoms with E-state index in [1.54, 1.807) is 0 Å². The highest BCUT2D eigenvalue weighted by Crippen LogP contribution is 2.26. The molecule has 0 unspecified atom stereocenters. The van der Waals surface area contributed by atoms with Crippen LogP contribution < -0.4 is 5.32 Å².